The predicted octanol–water partition coefficient (Wildman–Crippen LogP) is 2.21. The number of rotatable bonds is 7. The van der Waals surface area contributed by atoms with E-state index < -0.39 is 22.5 Å². The number of aromatic nitrogens is 6. The maximum absolute atomic E-state index is 13.1. The zero-order valence-electron chi connectivity index (χ0n) is 17.5. The summed E-state index contributed by atoms with van der Waals surface area (Å²) < 4.78 is 57.7. The molecule has 14 heteroatoms. The minimum atomic E-state index is -4.33. The Balaban J connectivity index is 1.99. The lowest BCUT2D eigenvalue weighted by Crippen LogP contribution is -2.22. The lowest BCUT2D eigenvalue weighted by atomic mass is 10.3. The van der Waals surface area contributed by atoms with Gasteiger partial charge in [0, 0.05) is 13.6 Å². The Kier molecular flexibility index (Phi) is 5.85. The van der Waals surface area contributed by atoms with Crippen molar-refractivity contribution >= 4 is 27.3 Å². The van der Waals surface area contributed by atoms with E-state index in [9.17, 15) is 22.0 Å². The summed E-state index contributed by atoms with van der Waals surface area (Å²) in [5.41, 5.74) is 0.708. The Hall–Kier alpha value is -3.29. The Labute approximate surface area is 177 Å². The highest BCUT2D eigenvalue weighted by molar-refractivity contribution is 7.92. The van der Waals surface area contributed by atoms with Gasteiger partial charge in [-0.3, -0.25) is 18.9 Å². The fourth-order valence-electron chi connectivity index (χ4n) is 3.16. The summed E-state index contributed by atoms with van der Waals surface area (Å²) in [6.07, 6.45) is 2.66. The van der Waals surface area contributed by atoms with Gasteiger partial charge in [0.1, 0.15) is 4.90 Å². The van der Waals surface area contributed by atoms with Crippen molar-refractivity contribution < 1.29 is 22.0 Å². The highest BCUT2D eigenvalue weighted by Crippen LogP contribution is 2.27. The first kappa shape index (κ1) is 22.4. The molecule has 3 aromatic rings. The second-order valence-electron chi connectivity index (χ2n) is 6.77. The molecule has 0 atom stereocenters. The van der Waals surface area contributed by atoms with Crippen molar-refractivity contribution in [3.63, 3.8) is 0 Å². The molecule has 3 rings (SSSR count). The number of aryl methyl sites for hydroxylation is 3. The van der Waals surface area contributed by atoms with Gasteiger partial charge >= 0.3 is 6.55 Å². The molecular weight excluding hydrogens is 434 g/mol. The summed E-state index contributed by atoms with van der Waals surface area (Å²) in [5.74, 6) is -0.607. The van der Waals surface area contributed by atoms with Crippen LogP contribution in [0.15, 0.2) is 17.3 Å². The molecule has 3 aromatic heterocycles. The van der Waals surface area contributed by atoms with Crippen LogP contribution in [0.25, 0.3) is 0 Å². The van der Waals surface area contributed by atoms with Crippen LogP contribution in [0, 0.1) is 20.8 Å². The minimum absolute atomic E-state index is 0.0362. The Morgan fingerprint density at radius 2 is 1.77 bits per heavy atom. The van der Waals surface area contributed by atoms with Gasteiger partial charge in [-0.1, -0.05) is 0 Å². The maximum atomic E-state index is 13.1. The van der Waals surface area contributed by atoms with Crippen molar-refractivity contribution in [1.82, 2.24) is 29.3 Å². The highest BCUT2D eigenvalue weighted by Gasteiger charge is 2.30. The molecule has 0 unspecified atom stereocenters. The number of alkyl halides is 2. The van der Waals surface area contributed by atoms with E-state index in [1.54, 1.807) is 25.6 Å². The number of halogens is 2. The topological polar surface area (TPSA) is 129 Å². The first-order valence-corrected chi connectivity index (χ1v) is 10.7. The van der Waals surface area contributed by atoms with Gasteiger partial charge in [-0.05, 0) is 27.7 Å². The van der Waals surface area contributed by atoms with Gasteiger partial charge in [-0.15, -0.1) is 0 Å². The average Bonchev–Trinajstić information content (AvgIpc) is 3.32. The van der Waals surface area contributed by atoms with Crippen LogP contribution in [0.4, 0.5) is 20.2 Å². The molecule has 0 spiro atoms. The van der Waals surface area contributed by atoms with Crippen molar-refractivity contribution in [2.24, 2.45) is 7.05 Å². The normalized spacial score (nSPS) is 11.9. The lowest BCUT2D eigenvalue weighted by Gasteiger charge is -2.11. The van der Waals surface area contributed by atoms with Crippen LogP contribution in [0.3, 0.4) is 0 Å². The summed E-state index contributed by atoms with van der Waals surface area (Å²) in [6.45, 7) is 3.34. The van der Waals surface area contributed by atoms with Crippen LogP contribution < -0.4 is 10.0 Å². The number of hydrogen-bond acceptors (Lipinski definition) is 6. The van der Waals surface area contributed by atoms with Gasteiger partial charge in [-0.25, -0.2) is 13.1 Å². The highest BCUT2D eigenvalue weighted by atomic mass is 32.2. The SMILES string of the molecule is CCn1ncc(NS(=O)(=O)c2c(C)nn(C(F)F)c2C)c1C(=O)Nc1cnn(C)c1C. The monoisotopic (exact) mass is 456 g/mol. The second kappa shape index (κ2) is 8.09. The van der Waals surface area contributed by atoms with Crippen molar-refractivity contribution in [2.45, 2.75) is 45.7 Å². The lowest BCUT2D eigenvalue weighted by molar-refractivity contribution is 0.0538. The van der Waals surface area contributed by atoms with Crippen LogP contribution >= 0.6 is 0 Å². The molecule has 0 saturated carbocycles. The zero-order valence-corrected chi connectivity index (χ0v) is 18.3. The molecule has 0 radical (unpaired) electrons. The largest absolute Gasteiger partial charge is 0.333 e. The number of carbonyl (C=O) groups is 1. The number of hydrogen-bond donors (Lipinski definition) is 2. The van der Waals surface area contributed by atoms with E-state index in [0.717, 1.165) is 0 Å². The number of carbonyl (C=O) groups excluding carboxylic acids is 1. The van der Waals surface area contributed by atoms with Gasteiger partial charge in [0.25, 0.3) is 15.9 Å². The number of amides is 1. The molecule has 0 bridgehead atoms. The van der Waals surface area contributed by atoms with Gasteiger partial charge in [0.2, 0.25) is 0 Å². The van der Waals surface area contributed by atoms with E-state index in [1.165, 1.54) is 30.9 Å². The van der Waals surface area contributed by atoms with Crippen LogP contribution in [-0.2, 0) is 23.6 Å². The molecule has 168 valence electrons. The fraction of sp³-hybridized carbons (Fsp3) is 0.412. The quantitative estimate of drug-likeness (QED) is 0.561. The summed E-state index contributed by atoms with van der Waals surface area (Å²) in [4.78, 5) is 12.5. The molecule has 0 fully saturated rings. The van der Waals surface area contributed by atoms with E-state index in [1.807, 2.05) is 0 Å². The zero-order chi connectivity index (χ0) is 23.1. The van der Waals surface area contributed by atoms with Crippen molar-refractivity contribution in [3.8, 4) is 0 Å². The smallest absolute Gasteiger partial charge is 0.318 e. The van der Waals surface area contributed by atoms with Crippen molar-refractivity contribution in [1.29, 1.82) is 0 Å². The summed E-state index contributed by atoms with van der Waals surface area (Å²) in [6, 6.07) is 0. The van der Waals surface area contributed by atoms with Crippen LogP contribution in [0.5, 0.6) is 0 Å². The molecule has 1 amide bonds. The molecule has 31 heavy (non-hydrogen) atoms. The van der Waals surface area contributed by atoms with E-state index in [-0.39, 0.29) is 34.2 Å². The fourth-order valence-corrected chi connectivity index (χ4v) is 4.62. The van der Waals surface area contributed by atoms with Gasteiger partial charge in [-0.2, -0.15) is 24.1 Å². The van der Waals surface area contributed by atoms with E-state index >= 15 is 0 Å². The van der Waals surface area contributed by atoms with Gasteiger partial charge in [0.15, 0.2) is 5.69 Å². The predicted molar refractivity (Wildman–Crippen MR) is 108 cm³/mol. The molecule has 2 N–H and O–H groups in total. The Bertz CT molecular complexity index is 1240. The van der Waals surface area contributed by atoms with Crippen LogP contribution in [0.1, 0.15) is 41.0 Å². The Morgan fingerprint density at radius 3 is 2.29 bits per heavy atom. The third-order valence-electron chi connectivity index (χ3n) is 4.79. The maximum Gasteiger partial charge on any atom is 0.333 e. The summed E-state index contributed by atoms with van der Waals surface area (Å²) in [7, 11) is -2.62. The van der Waals surface area contributed by atoms with Crippen LogP contribution in [0.2, 0.25) is 0 Å². The molecule has 11 nitrogen and oxygen atoms in total. The van der Waals surface area contributed by atoms with Gasteiger partial charge in [0.05, 0.1) is 40.9 Å². The number of sulfonamides is 1. The first-order valence-electron chi connectivity index (χ1n) is 9.20. The standard InChI is InChI=1S/C17H22F2N8O3S/c1-6-26-14(16(28)22-12-7-20-25(5)10(12)3)13(8-21-26)24-31(29,30)15-9(2)23-27(11(15)4)17(18)19/h7-8,17,24H,6H2,1-5H3,(H,22,28). The van der Waals surface area contributed by atoms with Crippen LogP contribution in [-0.4, -0.2) is 43.7 Å². The first-order chi connectivity index (χ1) is 14.5. The second-order valence-corrected chi connectivity index (χ2v) is 8.39. The molecule has 0 aromatic carbocycles. The molecular formula is C17H22F2N8O3S. The average molecular weight is 456 g/mol. The van der Waals surface area contributed by atoms with E-state index in [0.29, 0.717) is 16.1 Å². The Morgan fingerprint density at radius 1 is 1.13 bits per heavy atom. The van der Waals surface area contributed by atoms with E-state index in [4.69, 9.17) is 0 Å². The van der Waals surface area contributed by atoms with Gasteiger partial charge < -0.3 is 5.32 Å². The molecule has 0 saturated heterocycles. The summed E-state index contributed by atoms with van der Waals surface area (Å²) >= 11 is 0. The van der Waals surface area contributed by atoms with Crippen molar-refractivity contribution in [3.05, 3.63) is 35.2 Å². The molecule has 3 heterocycles. The number of anilines is 2. The number of nitrogens with one attached hydrogen (secondary N) is 2. The molecule has 0 aliphatic rings. The molecule has 0 aliphatic carbocycles. The third kappa shape index (κ3) is 4.02. The minimum Gasteiger partial charge on any atom is -0.318 e. The summed E-state index contributed by atoms with van der Waals surface area (Å²) in [5, 5.41) is 14.4. The van der Waals surface area contributed by atoms with E-state index in [2.05, 4.69) is 25.3 Å². The number of nitrogens with zero attached hydrogens (tertiary/aromatic N) is 6. The third-order valence-corrected chi connectivity index (χ3v) is 6.41. The molecule has 0 aliphatic heterocycles. The van der Waals surface area contributed by atoms with Crippen molar-refractivity contribution in [2.75, 3.05) is 10.0 Å².